The second-order valence-electron chi connectivity index (χ2n) is 6.32. The standard InChI is InChI=1S/C14H20N2S/c15-6-12-14(16-7-17-12)13-10-2-8-1-9(4-10)5-11(13)3-8/h7-11,13H,1-6,15H2. The summed E-state index contributed by atoms with van der Waals surface area (Å²) >= 11 is 1.76. The second kappa shape index (κ2) is 3.79. The molecule has 0 radical (unpaired) electrons. The molecule has 4 saturated carbocycles. The number of nitrogens with zero attached hydrogens (tertiary/aromatic N) is 1. The molecule has 92 valence electrons. The van der Waals surface area contributed by atoms with E-state index in [1.54, 1.807) is 11.3 Å². The minimum Gasteiger partial charge on any atom is -0.326 e. The van der Waals surface area contributed by atoms with Crippen LogP contribution in [-0.4, -0.2) is 4.98 Å². The van der Waals surface area contributed by atoms with Gasteiger partial charge < -0.3 is 5.73 Å². The number of hydrogen-bond acceptors (Lipinski definition) is 3. The van der Waals surface area contributed by atoms with E-state index in [-0.39, 0.29) is 0 Å². The van der Waals surface area contributed by atoms with Crippen LogP contribution >= 0.6 is 11.3 Å². The molecular formula is C14H20N2S. The molecule has 1 heterocycles. The average molecular weight is 248 g/mol. The molecule has 4 aliphatic rings. The third-order valence-electron chi connectivity index (χ3n) is 5.40. The van der Waals surface area contributed by atoms with Crippen molar-refractivity contribution in [3.8, 4) is 0 Å². The van der Waals surface area contributed by atoms with E-state index in [0.29, 0.717) is 6.54 Å². The van der Waals surface area contributed by atoms with Crippen LogP contribution in [0.2, 0.25) is 0 Å². The van der Waals surface area contributed by atoms with Gasteiger partial charge in [-0.3, -0.25) is 0 Å². The fraction of sp³-hybridized carbons (Fsp3) is 0.786. The van der Waals surface area contributed by atoms with Gasteiger partial charge >= 0.3 is 0 Å². The zero-order valence-corrected chi connectivity index (χ0v) is 11.0. The highest BCUT2D eigenvalue weighted by Gasteiger charge is 2.49. The van der Waals surface area contributed by atoms with Gasteiger partial charge in [-0.1, -0.05) is 0 Å². The van der Waals surface area contributed by atoms with Crippen LogP contribution in [0.3, 0.4) is 0 Å². The van der Waals surface area contributed by atoms with Gasteiger partial charge in [-0.05, 0) is 55.8 Å². The van der Waals surface area contributed by atoms with E-state index in [9.17, 15) is 0 Å². The normalized spacial score (nSPS) is 43.2. The zero-order valence-electron chi connectivity index (χ0n) is 10.1. The van der Waals surface area contributed by atoms with Crippen molar-refractivity contribution in [1.29, 1.82) is 0 Å². The maximum atomic E-state index is 5.86. The first kappa shape index (κ1) is 10.5. The lowest BCUT2D eigenvalue weighted by atomic mass is 9.51. The molecular weight excluding hydrogens is 228 g/mol. The molecule has 1 aromatic rings. The monoisotopic (exact) mass is 248 g/mol. The van der Waals surface area contributed by atoms with Crippen LogP contribution in [0.25, 0.3) is 0 Å². The average Bonchev–Trinajstić information content (AvgIpc) is 2.75. The number of nitrogens with two attached hydrogens (primary N) is 1. The highest BCUT2D eigenvalue weighted by molar-refractivity contribution is 7.09. The molecule has 17 heavy (non-hydrogen) atoms. The van der Waals surface area contributed by atoms with Gasteiger partial charge in [0.15, 0.2) is 0 Å². The van der Waals surface area contributed by atoms with Crippen LogP contribution in [-0.2, 0) is 6.54 Å². The highest BCUT2D eigenvalue weighted by Crippen LogP contribution is 2.59. The second-order valence-corrected chi connectivity index (χ2v) is 7.26. The molecule has 1 aromatic heterocycles. The summed E-state index contributed by atoms with van der Waals surface area (Å²) in [6.45, 7) is 0.683. The van der Waals surface area contributed by atoms with Crippen LogP contribution in [0.1, 0.15) is 48.6 Å². The Balaban J connectivity index is 1.70. The van der Waals surface area contributed by atoms with Gasteiger partial charge in [0.05, 0.1) is 11.2 Å². The molecule has 0 spiro atoms. The molecule has 4 fully saturated rings. The molecule has 0 amide bonds. The van der Waals surface area contributed by atoms with E-state index in [0.717, 1.165) is 29.6 Å². The minimum atomic E-state index is 0.683. The molecule has 3 heteroatoms. The molecule has 0 saturated heterocycles. The Kier molecular flexibility index (Phi) is 2.34. The Labute approximate surface area is 107 Å². The molecule has 0 unspecified atom stereocenters. The lowest BCUT2D eigenvalue weighted by molar-refractivity contribution is -0.00422. The first-order chi connectivity index (χ1) is 8.35. The van der Waals surface area contributed by atoms with Crippen molar-refractivity contribution in [1.82, 2.24) is 4.98 Å². The minimum absolute atomic E-state index is 0.683. The summed E-state index contributed by atoms with van der Waals surface area (Å²) in [4.78, 5) is 6.02. The van der Waals surface area contributed by atoms with E-state index in [2.05, 4.69) is 4.98 Å². The smallest absolute Gasteiger partial charge is 0.0798 e. The Morgan fingerprint density at radius 3 is 2.35 bits per heavy atom. The Morgan fingerprint density at radius 2 is 1.76 bits per heavy atom. The molecule has 0 aliphatic heterocycles. The molecule has 5 rings (SSSR count). The van der Waals surface area contributed by atoms with Gasteiger partial charge in [-0.15, -0.1) is 11.3 Å². The van der Waals surface area contributed by atoms with Crippen LogP contribution in [0.5, 0.6) is 0 Å². The third kappa shape index (κ3) is 1.52. The number of rotatable bonds is 2. The van der Waals surface area contributed by atoms with Crippen molar-refractivity contribution in [2.24, 2.45) is 29.4 Å². The van der Waals surface area contributed by atoms with Gasteiger partial charge in [0.1, 0.15) is 0 Å². The lowest BCUT2D eigenvalue weighted by Crippen LogP contribution is -2.44. The summed E-state index contributed by atoms with van der Waals surface area (Å²) < 4.78 is 0. The molecule has 4 aliphatic carbocycles. The van der Waals surface area contributed by atoms with E-state index in [4.69, 9.17) is 5.73 Å². The molecule has 2 N–H and O–H groups in total. The van der Waals surface area contributed by atoms with Gasteiger partial charge in [0.25, 0.3) is 0 Å². The summed E-state index contributed by atoms with van der Waals surface area (Å²) in [5.74, 6) is 4.72. The molecule has 2 nitrogen and oxygen atoms in total. The Bertz CT molecular complexity index is 398. The van der Waals surface area contributed by atoms with Crippen LogP contribution in [0.4, 0.5) is 0 Å². The van der Waals surface area contributed by atoms with Gasteiger partial charge in [0, 0.05) is 17.3 Å². The molecule has 0 atom stereocenters. The van der Waals surface area contributed by atoms with Crippen molar-refractivity contribution in [2.75, 3.05) is 0 Å². The topological polar surface area (TPSA) is 38.9 Å². The predicted octanol–water partition coefficient (Wildman–Crippen LogP) is 3.14. The lowest BCUT2D eigenvalue weighted by Gasteiger charge is -2.54. The highest BCUT2D eigenvalue weighted by atomic mass is 32.1. The van der Waals surface area contributed by atoms with E-state index in [1.807, 2.05) is 5.51 Å². The van der Waals surface area contributed by atoms with Crippen molar-refractivity contribution < 1.29 is 0 Å². The number of thiazole rings is 1. The number of aromatic nitrogens is 1. The van der Waals surface area contributed by atoms with Gasteiger partial charge in [-0.25, -0.2) is 4.98 Å². The Hall–Kier alpha value is -0.410. The third-order valence-corrected chi connectivity index (χ3v) is 6.27. The summed E-state index contributed by atoms with van der Waals surface area (Å²) in [6.07, 6.45) is 7.41. The van der Waals surface area contributed by atoms with E-state index < -0.39 is 0 Å². The van der Waals surface area contributed by atoms with Crippen molar-refractivity contribution in [3.63, 3.8) is 0 Å². The van der Waals surface area contributed by atoms with Crippen LogP contribution in [0.15, 0.2) is 5.51 Å². The SMILES string of the molecule is NCc1scnc1C1C2CC3CC(C2)CC1C3. The molecule has 0 aromatic carbocycles. The summed E-state index contributed by atoms with van der Waals surface area (Å²) in [6, 6.07) is 0. The fourth-order valence-corrected chi connectivity index (χ4v) is 5.77. The first-order valence-electron chi connectivity index (χ1n) is 6.97. The molecule has 4 bridgehead atoms. The predicted molar refractivity (Wildman–Crippen MR) is 69.8 cm³/mol. The largest absolute Gasteiger partial charge is 0.326 e. The van der Waals surface area contributed by atoms with Crippen LogP contribution < -0.4 is 5.73 Å². The van der Waals surface area contributed by atoms with Crippen LogP contribution in [0, 0.1) is 23.7 Å². The zero-order chi connectivity index (χ0) is 11.4. The fourth-order valence-electron chi connectivity index (χ4n) is 5.08. The maximum absolute atomic E-state index is 5.86. The summed E-state index contributed by atoms with van der Waals surface area (Å²) in [7, 11) is 0. The van der Waals surface area contributed by atoms with E-state index in [1.165, 1.54) is 42.7 Å². The quantitative estimate of drug-likeness (QED) is 0.873. The summed E-state index contributed by atoms with van der Waals surface area (Å²) in [5.41, 5.74) is 9.24. The number of hydrogen-bond donors (Lipinski definition) is 1. The van der Waals surface area contributed by atoms with E-state index >= 15 is 0 Å². The van der Waals surface area contributed by atoms with Gasteiger partial charge in [0.2, 0.25) is 0 Å². The van der Waals surface area contributed by atoms with Gasteiger partial charge in [-0.2, -0.15) is 0 Å². The first-order valence-corrected chi connectivity index (χ1v) is 7.85. The van der Waals surface area contributed by atoms with Crippen molar-refractivity contribution >= 4 is 11.3 Å². The van der Waals surface area contributed by atoms with Crippen molar-refractivity contribution in [2.45, 2.75) is 44.6 Å². The van der Waals surface area contributed by atoms with Crippen molar-refractivity contribution in [3.05, 3.63) is 16.1 Å². The Morgan fingerprint density at radius 1 is 1.12 bits per heavy atom. The summed E-state index contributed by atoms with van der Waals surface area (Å²) in [5, 5.41) is 0. The maximum Gasteiger partial charge on any atom is 0.0798 e.